The molecule has 1 aliphatic carbocycles. The van der Waals surface area contributed by atoms with Crippen LogP contribution in [0.25, 0.3) is 0 Å². The van der Waals surface area contributed by atoms with Crippen LogP contribution in [0.2, 0.25) is 0 Å². The summed E-state index contributed by atoms with van der Waals surface area (Å²) in [5, 5.41) is 36.8. The van der Waals surface area contributed by atoms with Gasteiger partial charge in [0.05, 0.1) is 24.3 Å². The second-order valence-electron chi connectivity index (χ2n) is 4.33. The lowest BCUT2D eigenvalue weighted by molar-refractivity contribution is 0.0941. The molecule has 1 saturated carbocycles. The second kappa shape index (κ2) is 3.89. The fourth-order valence-electron chi connectivity index (χ4n) is 2.50. The Morgan fingerprint density at radius 3 is 1.89 bits per heavy atom. The van der Waals surface area contributed by atoms with Crippen LogP contribution in [-0.4, -0.2) is 0 Å². The fraction of sp³-hybridized carbons (Fsp3) is 0.286. The SMILES string of the molecule is N#CC1(C#N)CC(c2ccccc2)C1(C#N)C#N. The largest absolute Gasteiger partial charge is 0.196 e. The van der Waals surface area contributed by atoms with E-state index in [4.69, 9.17) is 10.5 Å². The zero-order valence-corrected chi connectivity index (χ0v) is 9.46. The van der Waals surface area contributed by atoms with Crippen molar-refractivity contribution in [3.05, 3.63) is 35.9 Å². The van der Waals surface area contributed by atoms with Gasteiger partial charge in [-0.2, -0.15) is 21.0 Å². The Labute approximate surface area is 105 Å². The molecule has 1 atom stereocenters. The van der Waals surface area contributed by atoms with Gasteiger partial charge in [0.1, 0.15) is 0 Å². The van der Waals surface area contributed by atoms with E-state index < -0.39 is 10.8 Å². The van der Waals surface area contributed by atoms with E-state index in [0.29, 0.717) is 0 Å². The highest BCUT2D eigenvalue weighted by molar-refractivity contribution is 5.48. The van der Waals surface area contributed by atoms with Crippen molar-refractivity contribution in [2.75, 3.05) is 0 Å². The van der Waals surface area contributed by atoms with Crippen LogP contribution >= 0.6 is 0 Å². The molecule has 2 rings (SSSR count). The predicted octanol–water partition coefficient (Wildman–Crippen LogP) is 2.24. The van der Waals surface area contributed by atoms with E-state index in [1.165, 1.54) is 0 Å². The molecule has 0 aromatic heterocycles. The van der Waals surface area contributed by atoms with Gasteiger partial charge in [-0.15, -0.1) is 0 Å². The number of nitriles is 4. The molecule has 0 bridgehead atoms. The second-order valence-corrected chi connectivity index (χ2v) is 4.33. The van der Waals surface area contributed by atoms with Crippen molar-refractivity contribution < 1.29 is 0 Å². The highest BCUT2D eigenvalue weighted by Crippen LogP contribution is 2.64. The molecule has 0 radical (unpaired) electrons. The van der Waals surface area contributed by atoms with Crippen LogP contribution in [0.3, 0.4) is 0 Å². The Morgan fingerprint density at radius 2 is 1.44 bits per heavy atom. The molecule has 18 heavy (non-hydrogen) atoms. The third kappa shape index (κ3) is 1.15. The maximum absolute atomic E-state index is 9.29. The molecule has 0 N–H and O–H groups in total. The normalized spacial score (nSPS) is 22.3. The lowest BCUT2D eigenvalue weighted by Crippen LogP contribution is -2.54. The molecule has 0 spiro atoms. The topological polar surface area (TPSA) is 95.2 Å². The molecule has 84 valence electrons. The Kier molecular flexibility index (Phi) is 2.52. The van der Waals surface area contributed by atoms with Crippen molar-refractivity contribution in [1.82, 2.24) is 0 Å². The summed E-state index contributed by atoms with van der Waals surface area (Å²) in [6.45, 7) is 0. The Bertz CT molecular complexity index is 606. The van der Waals surface area contributed by atoms with Gasteiger partial charge in [0.25, 0.3) is 0 Å². The Morgan fingerprint density at radius 1 is 0.889 bits per heavy atom. The first-order valence-electron chi connectivity index (χ1n) is 5.39. The summed E-state index contributed by atoms with van der Waals surface area (Å²) >= 11 is 0. The molecule has 1 aromatic carbocycles. The van der Waals surface area contributed by atoms with Crippen molar-refractivity contribution in [3.63, 3.8) is 0 Å². The van der Waals surface area contributed by atoms with Gasteiger partial charge in [0.15, 0.2) is 10.8 Å². The number of hydrogen-bond donors (Lipinski definition) is 0. The minimum absolute atomic E-state index is 0.227. The van der Waals surface area contributed by atoms with Crippen LogP contribution in [0, 0.1) is 56.2 Å². The molecule has 0 saturated heterocycles. The Hall–Kier alpha value is -2.82. The number of hydrogen-bond acceptors (Lipinski definition) is 4. The summed E-state index contributed by atoms with van der Waals surface area (Å²) in [5.74, 6) is -0.381. The van der Waals surface area contributed by atoms with E-state index in [1.807, 2.05) is 54.6 Å². The standard InChI is InChI=1S/C14H8N4/c15-7-13(8-16)6-12(14(13,9-17)10-18)11-4-2-1-3-5-11/h1-5,12H,6H2. The summed E-state index contributed by atoms with van der Waals surface area (Å²) in [6.07, 6.45) is 0.227. The van der Waals surface area contributed by atoms with Gasteiger partial charge in [0.2, 0.25) is 0 Å². The van der Waals surface area contributed by atoms with Crippen molar-refractivity contribution in [3.8, 4) is 24.3 Å². The van der Waals surface area contributed by atoms with Crippen molar-refractivity contribution in [1.29, 1.82) is 21.0 Å². The van der Waals surface area contributed by atoms with E-state index in [9.17, 15) is 10.5 Å². The minimum Gasteiger partial charge on any atom is -0.196 e. The van der Waals surface area contributed by atoms with Gasteiger partial charge in [-0.3, -0.25) is 0 Å². The summed E-state index contributed by atoms with van der Waals surface area (Å²) in [5.41, 5.74) is -2.27. The van der Waals surface area contributed by atoms with Crippen LogP contribution in [-0.2, 0) is 0 Å². The van der Waals surface area contributed by atoms with E-state index >= 15 is 0 Å². The monoisotopic (exact) mass is 232 g/mol. The smallest absolute Gasteiger partial charge is 0.182 e. The van der Waals surface area contributed by atoms with Gasteiger partial charge in [0, 0.05) is 5.92 Å². The van der Waals surface area contributed by atoms with E-state index in [2.05, 4.69) is 0 Å². The van der Waals surface area contributed by atoms with E-state index in [0.717, 1.165) is 5.56 Å². The van der Waals surface area contributed by atoms with Crippen LogP contribution in [0.5, 0.6) is 0 Å². The minimum atomic E-state index is -1.57. The molecular weight excluding hydrogens is 224 g/mol. The molecule has 0 heterocycles. The third-order valence-electron chi connectivity index (χ3n) is 3.64. The average Bonchev–Trinajstić information content (AvgIpc) is 2.42. The average molecular weight is 232 g/mol. The number of benzene rings is 1. The van der Waals surface area contributed by atoms with Gasteiger partial charge >= 0.3 is 0 Å². The fourth-order valence-corrected chi connectivity index (χ4v) is 2.50. The Balaban J connectivity index is 2.53. The van der Waals surface area contributed by atoms with Crippen LogP contribution in [0.15, 0.2) is 30.3 Å². The zero-order chi connectivity index (χ0) is 13.2. The van der Waals surface area contributed by atoms with E-state index in [-0.39, 0.29) is 12.3 Å². The van der Waals surface area contributed by atoms with Gasteiger partial charge < -0.3 is 0 Å². The summed E-state index contributed by atoms with van der Waals surface area (Å²) in [4.78, 5) is 0. The lowest BCUT2D eigenvalue weighted by Gasteiger charge is -2.48. The highest BCUT2D eigenvalue weighted by atomic mass is 14.7. The molecule has 0 amide bonds. The molecule has 4 heteroatoms. The predicted molar refractivity (Wildman–Crippen MR) is 61.1 cm³/mol. The summed E-state index contributed by atoms with van der Waals surface area (Å²) in [7, 11) is 0. The maximum atomic E-state index is 9.29. The molecule has 4 nitrogen and oxygen atoms in total. The van der Waals surface area contributed by atoms with Gasteiger partial charge in [-0.05, 0) is 12.0 Å². The van der Waals surface area contributed by atoms with Crippen LogP contribution < -0.4 is 0 Å². The van der Waals surface area contributed by atoms with Gasteiger partial charge in [-0.25, -0.2) is 0 Å². The molecule has 1 aliphatic rings. The first-order chi connectivity index (χ1) is 8.69. The highest BCUT2D eigenvalue weighted by Gasteiger charge is 2.69. The quantitative estimate of drug-likeness (QED) is 0.741. The van der Waals surface area contributed by atoms with Gasteiger partial charge in [-0.1, -0.05) is 30.3 Å². The van der Waals surface area contributed by atoms with Crippen molar-refractivity contribution >= 4 is 0 Å². The lowest BCUT2D eigenvalue weighted by atomic mass is 9.44. The maximum Gasteiger partial charge on any atom is 0.182 e. The summed E-state index contributed by atoms with van der Waals surface area (Å²) < 4.78 is 0. The first kappa shape index (κ1) is 11.7. The number of rotatable bonds is 1. The molecular formula is C14H8N4. The zero-order valence-electron chi connectivity index (χ0n) is 9.46. The van der Waals surface area contributed by atoms with E-state index in [1.54, 1.807) is 0 Å². The third-order valence-corrected chi connectivity index (χ3v) is 3.64. The summed E-state index contributed by atoms with van der Waals surface area (Å²) in [6, 6.07) is 16.6. The molecule has 0 aliphatic heterocycles. The van der Waals surface area contributed by atoms with Crippen molar-refractivity contribution in [2.45, 2.75) is 12.3 Å². The first-order valence-corrected chi connectivity index (χ1v) is 5.39. The van der Waals surface area contributed by atoms with Crippen molar-refractivity contribution in [2.24, 2.45) is 10.8 Å². The van der Waals surface area contributed by atoms with Crippen LogP contribution in [0.4, 0.5) is 0 Å². The molecule has 1 aromatic rings. The molecule has 1 fully saturated rings. The van der Waals surface area contributed by atoms with Crippen LogP contribution in [0.1, 0.15) is 17.9 Å². The number of nitrogens with zero attached hydrogens (tertiary/aromatic N) is 4. The molecule has 1 unspecified atom stereocenters.